The molecule has 2 aromatic rings. The maximum atomic E-state index is 11.0. The number of nitriles is 1. The molecule has 1 fully saturated rings. The number of aromatic nitrogens is 3. The lowest BCUT2D eigenvalue weighted by Crippen LogP contribution is -2.03. The molecule has 1 aliphatic rings. The number of aromatic carboxylic acids is 1. The molecule has 6 nitrogen and oxygen atoms in total. The topological polar surface area (TPSA) is 91.8 Å². The van der Waals surface area contributed by atoms with E-state index in [0.717, 1.165) is 18.5 Å². The van der Waals surface area contributed by atoms with Crippen molar-refractivity contribution in [1.29, 1.82) is 5.26 Å². The quantitative estimate of drug-likeness (QED) is 0.900. The Labute approximate surface area is 108 Å². The predicted molar refractivity (Wildman–Crippen MR) is 65.0 cm³/mol. The maximum absolute atomic E-state index is 11.0. The van der Waals surface area contributed by atoms with Crippen molar-refractivity contribution in [3.8, 4) is 11.8 Å². The second-order valence-corrected chi connectivity index (χ2v) is 4.44. The van der Waals surface area contributed by atoms with E-state index in [1.54, 1.807) is 28.9 Å². The Balaban J connectivity index is 2.07. The van der Waals surface area contributed by atoms with Crippen molar-refractivity contribution in [2.24, 2.45) is 0 Å². The highest BCUT2D eigenvalue weighted by Gasteiger charge is 2.31. The number of nitrogens with zero attached hydrogens (tertiary/aromatic N) is 4. The molecule has 19 heavy (non-hydrogen) atoms. The van der Waals surface area contributed by atoms with Gasteiger partial charge in [0.15, 0.2) is 0 Å². The molecular formula is C13H10N4O2. The molecule has 3 rings (SSSR count). The lowest BCUT2D eigenvalue weighted by Gasteiger charge is -2.04. The van der Waals surface area contributed by atoms with Gasteiger partial charge in [-0.25, -0.2) is 14.5 Å². The number of benzene rings is 1. The molecule has 1 N–H and O–H groups in total. The summed E-state index contributed by atoms with van der Waals surface area (Å²) in [5, 5.41) is 21.8. The Morgan fingerprint density at radius 3 is 2.58 bits per heavy atom. The third-order valence-electron chi connectivity index (χ3n) is 3.01. The molecule has 0 bridgehead atoms. The summed E-state index contributed by atoms with van der Waals surface area (Å²) in [6, 6.07) is 8.87. The average Bonchev–Trinajstić information content (AvgIpc) is 3.17. The normalized spacial score (nSPS) is 14.1. The van der Waals surface area contributed by atoms with E-state index in [1.165, 1.54) is 0 Å². The van der Waals surface area contributed by atoms with Crippen LogP contribution in [0.1, 0.15) is 40.8 Å². The SMILES string of the molecule is N#Cc1ccc(-n2nc(C(=O)O)nc2C2CC2)cc1. The van der Waals surface area contributed by atoms with Crippen LogP contribution in [0, 0.1) is 11.3 Å². The molecule has 0 amide bonds. The predicted octanol–water partition coefficient (Wildman–Crippen LogP) is 1.71. The number of rotatable bonds is 3. The molecule has 0 atom stereocenters. The van der Waals surface area contributed by atoms with Gasteiger partial charge >= 0.3 is 5.97 Å². The van der Waals surface area contributed by atoms with E-state index in [9.17, 15) is 4.79 Å². The number of hydrogen-bond acceptors (Lipinski definition) is 4. The van der Waals surface area contributed by atoms with Gasteiger partial charge in [0.05, 0.1) is 17.3 Å². The number of hydrogen-bond donors (Lipinski definition) is 1. The van der Waals surface area contributed by atoms with Crippen molar-refractivity contribution in [3.05, 3.63) is 41.5 Å². The fourth-order valence-corrected chi connectivity index (χ4v) is 1.89. The van der Waals surface area contributed by atoms with Crippen LogP contribution in [0.3, 0.4) is 0 Å². The van der Waals surface area contributed by atoms with E-state index in [2.05, 4.69) is 10.1 Å². The first-order chi connectivity index (χ1) is 9.19. The van der Waals surface area contributed by atoms with E-state index >= 15 is 0 Å². The molecule has 1 aromatic carbocycles. The zero-order valence-electron chi connectivity index (χ0n) is 9.95. The average molecular weight is 254 g/mol. The number of carbonyl (C=O) groups is 1. The van der Waals surface area contributed by atoms with E-state index in [0.29, 0.717) is 11.4 Å². The van der Waals surface area contributed by atoms with Gasteiger partial charge < -0.3 is 5.11 Å². The first-order valence-corrected chi connectivity index (χ1v) is 5.90. The Bertz CT molecular complexity index is 678. The van der Waals surface area contributed by atoms with Crippen LogP contribution in [0.4, 0.5) is 0 Å². The van der Waals surface area contributed by atoms with Gasteiger partial charge in [0.25, 0.3) is 5.82 Å². The largest absolute Gasteiger partial charge is 0.475 e. The second kappa shape index (κ2) is 4.21. The molecule has 1 heterocycles. The van der Waals surface area contributed by atoms with E-state index in [-0.39, 0.29) is 11.7 Å². The highest BCUT2D eigenvalue weighted by molar-refractivity contribution is 5.83. The van der Waals surface area contributed by atoms with Gasteiger partial charge in [-0.3, -0.25) is 0 Å². The van der Waals surface area contributed by atoms with Crippen LogP contribution in [0.5, 0.6) is 0 Å². The third kappa shape index (κ3) is 2.06. The van der Waals surface area contributed by atoms with Gasteiger partial charge in [0, 0.05) is 5.92 Å². The van der Waals surface area contributed by atoms with Crippen LogP contribution in [-0.2, 0) is 0 Å². The van der Waals surface area contributed by atoms with Crippen molar-refractivity contribution in [2.45, 2.75) is 18.8 Å². The highest BCUT2D eigenvalue weighted by Crippen LogP contribution is 2.39. The summed E-state index contributed by atoms with van der Waals surface area (Å²) in [5.74, 6) is -0.348. The molecule has 1 aliphatic carbocycles. The fraction of sp³-hybridized carbons (Fsp3) is 0.231. The molecule has 0 saturated heterocycles. The van der Waals surface area contributed by atoms with Gasteiger partial charge in [-0.15, -0.1) is 5.10 Å². The van der Waals surface area contributed by atoms with Crippen LogP contribution < -0.4 is 0 Å². The van der Waals surface area contributed by atoms with Crippen LogP contribution in [0.2, 0.25) is 0 Å². The van der Waals surface area contributed by atoms with E-state index in [1.807, 2.05) is 6.07 Å². The second-order valence-electron chi connectivity index (χ2n) is 4.44. The van der Waals surface area contributed by atoms with Gasteiger partial charge in [-0.2, -0.15) is 5.26 Å². The molecule has 0 spiro atoms. The standard InChI is InChI=1S/C13H10N4O2/c14-7-8-1-5-10(6-2-8)17-12(9-3-4-9)15-11(16-17)13(18)19/h1-2,5-6,9H,3-4H2,(H,18,19). The smallest absolute Gasteiger partial charge is 0.375 e. The molecule has 0 radical (unpaired) electrons. The summed E-state index contributed by atoms with van der Waals surface area (Å²) in [4.78, 5) is 15.0. The summed E-state index contributed by atoms with van der Waals surface area (Å²) >= 11 is 0. The van der Waals surface area contributed by atoms with E-state index < -0.39 is 5.97 Å². The minimum Gasteiger partial charge on any atom is -0.475 e. The van der Waals surface area contributed by atoms with Crippen molar-refractivity contribution in [1.82, 2.24) is 14.8 Å². The highest BCUT2D eigenvalue weighted by atomic mass is 16.4. The maximum Gasteiger partial charge on any atom is 0.375 e. The molecular weight excluding hydrogens is 244 g/mol. The van der Waals surface area contributed by atoms with Crippen LogP contribution in [0.15, 0.2) is 24.3 Å². The molecule has 0 unspecified atom stereocenters. The Morgan fingerprint density at radius 1 is 1.37 bits per heavy atom. The van der Waals surface area contributed by atoms with Crippen LogP contribution >= 0.6 is 0 Å². The summed E-state index contributed by atoms with van der Waals surface area (Å²) in [7, 11) is 0. The van der Waals surface area contributed by atoms with E-state index in [4.69, 9.17) is 10.4 Å². The van der Waals surface area contributed by atoms with Crippen molar-refractivity contribution in [2.75, 3.05) is 0 Å². The Hall–Kier alpha value is -2.68. The first kappa shape index (κ1) is 11.4. The Morgan fingerprint density at radius 2 is 2.05 bits per heavy atom. The molecule has 0 aliphatic heterocycles. The van der Waals surface area contributed by atoms with Crippen molar-refractivity contribution < 1.29 is 9.90 Å². The van der Waals surface area contributed by atoms with Gasteiger partial charge in [-0.1, -0.05) is 0 Å². The van der Waals surface area contributed by atoms with Crippen LogP contribution in [-0.4, -0.2) is 25.8 Å². The zero-order valence-corrected chi connectivity index (χ0v) is 9.95. The third-order valence-corrected chi connectivity index (χ3v) is 3.01. The lowest BCUT2D eigenvalue weighted by molar-refractivity contribution is 0.0683. The van der Waals surface area contributed by atoms with Crippen LogP contribution in [0.25, 0.3) is 5.69 Å². The first-order valence-electron chi connectivity index (χ1n) is 5.90. The van der Waals surface area contributed by atoms with Crippen molar-refractivity contribution in [3.63, 3.8) is 0 Å². The molecule has 1 saturated carbocycles. The fourth-order valence-electron chi connectivity index (χ4n) is 1.89. The number of carboxylic acid groups (broad SMARTS) is 1. The van der Waals surface area contributed by atoms with Crippen molar-refractivity contribution >= 4 is 5.97 Å². The summed E-state index contributed by atoms with van der Waals surface area (Å²) in [6.45, 7) is 0. The molecule has 6 heteroatoms. The Kier molecular flexibility index (Phi) is 2.53. The van der Waals surface area contributed by atoms with Gasteiger partial charge in [0.1, 0.15) is 5.82 Å². The molecule has 1 aromatic heterocycles. The minimum atomic E-state index is -1.13. The minimum absolute atomic E-state index is 0.189. The zero-order chi connectivity index (χ0) is 13.4. The number of carboxylic acids is 1. The van der Waals surface area contributed by atoms with Gasteiger partial charge in [0.2, 0.25) is 0 Å². The summed E-state index contributed by atoms with van der Waals surface area (Å²) < 4.78 is 1.56. The summed E-state index contributed by atoms with van der Waals surface area (Å²) in [5.41, 5.74) is 1.27. The van der Waals surface area contributed by atoms with Gasteiger partial charge in [-0.05, 0) is 37.1 Å². The lowest BCUT2D eigenvalue weighted by atomic mass is 10.2. The summed E-state index contributed by atoms with van der Waals surface area (Å²) in [6.07, 6.45) is 2.02. The monoisotopic (exact) mass is 254 g/mol. The molecule has 94 valence electrons.